The minimum atomic E-state index is -3.14. The Labute approximate surface area is 170 Å². The highest BCUT2D eigenvalue weighted by Crippen LogP contribution is 2.25. The van der Waals surface area contributed by atoms with E-state index in [1.165, 1.54) is 0 Å². The fourth-order valence-electron chi connectivity index (χ4n) is 3.06. The van der Waals surface area contributed by atoms with Crippen molar-refractivity contribution < 1.29 is 23.1 Å². The summed E-state index contributed by atoms with van der Waals surface area (Å²) in [6.45, 7) is 3.31. The van der Waals surface area contributed by atoms with Gasteiger partial charge >= 0.3 is 0 Å². The molecule has 2 amide bonds. The highest BCUT2D eigenvalue weighted by atomic mass is 35.5. The molecule has 3 N–H and O–H groups in total. The van der Waals surface area contributed by atoms with Crippen molar-refractivity contribution in [2.24, 2.45) is 5.73 Å². The highest BCUT2D eigenvalue weighted by Gasteiger charge is 2.27. The predicted octanol–water partition coefficient (Wildman–Crippen LogP) is 2.44. The second-order valence-corrected chi connectivity index (χ2v) is 6.91. The van der Waals surface area contributed by atoms with E-state index in [0.29, 0.717) is 16.9 Å². The van der Waals surface area contributed by atoms with Gasteiger partial charge in [-0.05, 0) is 56.4 Å². The molecular weight excluding hydrogens is 392 g/mol. The van der Waals surface area contributed by atoms with Gasteiger partial charge < -0.3 is 20.7 Å². The maximum Gasteiger partial charge on any atom is 0.277 e. The molecule has 1 aliphatic rings. The minimum absolute atomic E-state index is 0. The minimum Gasteiger partial charge on any atom is -0.483 e. The standard InChI is InChI=1S/C19H27F2N3O3.ClH/c1-13-8-15(18(26)23-12-19(20,21)11-22)9-14(2)17(13)27-10-16(25)24-6-4-3-5-7-24;/h8-9H,3-7,10-12,22H2,1-2H3,(H,23,26);1H. The van der Waals surface area contributed by atoms with E-state index in [0.717, 1.165) is 32.4 Å². The van der Waals surface area contributed by atoms with Gasteiger partial charge in [0.05, 0.1) is 13.1 Å². The van der Waals surface area contributed by atoms with Crippen LogP contribution in [0.25, 0.3) is 0 Å². The lowest BCUT2D eigenvalue weighted by Crippen LogP contribution is -2.41. The summed E-state index contributed by atoms with van der Waals surface area (Å²) in [5.41, 5.74) is 6.55. The molecule has 9 heteroatoms. The van der Waals surface area contributed by atoms with Crippen molar-refractivity contribution in [1.29, 1.82) is 0 Å². The van der Waals surface area contributed by atoms with E-state index in [9.17, 15) is 18.4 Å². The van der Waals surface area contributed by atoms with Gasteiger partial charge in [0.15, 0.2) is 6.61 Å². The third-order valence-electron chi connectivity index (χ3n) is 4.58. The van der Waals surface area contributed by atoms with Gasteiger partial charge in [-0.15, -0.1) is 12.4 Å². The van der Waals surface area contributed by atoms with Crippen molar-refractivity contribution in [2.75, 3.05) is 32.8 Å². The number of hydrogen-bond donors (Lipinski definition) is 2. The van der Waals surface area contributed by atoms with Crippen molar-refractivity contribution in [3.63, 3.8) is 0 Å². The lowest BCUT2D eigenvalue weighted by Gasteiger charge is -2.27. The van der Waals surface area contributed by atoms with E-state index in [1.807, 2.05) is 0 Å². The first-order valence-electron chi connectivity index (χ1n) is 9.11. The third kappa shape index (κ3) is 6.60. The predicted molar refractivity (Wildman–Crippen MR) is 105 cm³/mol. The quantitative estimate of drug-likeness (QED) is 0.711. The molecule has 0 atom stereocenters. The topological polar surface area (TPSA) is 84.7 Å². The summed E-state index contributed by atoms with van der Waals surface area (Å²) < 4.78 is 32.1. The fourth-order valence-corrected chi connectivity index (χ4v) is 3.06. The molecule has 1 fully saturated rings. The van der Waals surface area contributed by atoms with Gasteiger partial charge in [-0.2, -0.15) is 0 Å². The van der Waals surface area contributed by atoms with E-state index in [1.54, 1.807) is 30.9 Å². The number of carbonyl (C=O) groups is 2. The van der Waals surface area contributed by atoms with Crippen LogP contribution in [0.5, 0.6) is 5.75 Å². The molecule has 0 radical (unpaired) electrons. The smallest absolute Gasteiger partial charge is 0.277 e. The molecule has 0 aromatic heterocycles. The molecule has 0 aliphatic carbocycles. The van der Waals surface area contributed by atoms with E-state index in [-0.39, 0.29) is 30.5 Å². The molecule has 0 unspecified atom stereocenters. The molecule has 0 bridgehead atoms. The molecule has 0 spiro atoms. The SMILES string of the molecule is Cc1cc(C(=O)NCC(F)(F)CN)cc(C)c1OCC(=O)N1CCCCC1.Cl. The van der Waals surface area contributed by atoms with Crippen LogP contribution >= 0.6 is 12.4 Å². The largest absolute Gasteiger partial charge is 0.483 e. The van der Waals surface area contributed by atoms with E-state index >= 15 is 0 Å². The number of nitrogens with one attached hydrogen (secondary N) is 1. The van der Waals surface area contributed by atoms with Crippen LogP contribution in [0.2, 0.25) is 0 Å². The Morgan fingerprint density at radius 3 is 2.29 bits per heavy atom. The highest BCUT2D eigenvalue weighted by molar-refractivity contribution is 5.95. The summed E-state index contributed by atoms with van der Waals surface area (Å²) in [4.78, 5) is 26.1. The van der Waals surface area contributed by atoms with Gasteiger partial charge in [-0.25, -0.2) is 8.78 Å². The van der Waals surface area contributed by atoms with Gasteiger partial charge in [-0.3, -0.25) is 9.59 Å². The van der Waals surface area contributed by atoms with Crippen LogP contribution in [0, 0.1) is 13.8 Å². The van der Waals surface area contributed by atoms with Crippen LogP contribution in [0.15, 0.2) is 12.1 Å². The molecule has 28 heavy (non-hydrogen) atoms. The van der Waals surface area contributed by atoms with Crippen molar-refractivity contribution in [2.45, 2.75) is 39.0 Å². The number of alkyl halides is 2. The molecule has 1 heterocycles. The number of amides is 2. The van der Waals surface area contributed by atoms with Crippen LogP contribution in [-0.4, -0.2) is 55.4 Å². The van der Waals surface area contributed by atoms with Crippen LogP contribution < -0.4 is 15.8 Å². The number of hydrogen-bond acceptors (Lipinski definition) is 4. The fraction of sp³-hybridized carbons (Fsp3) is 0.579. The number of nitrogens with zero attached hydrogens (tertiary/aromatic N) is 1. The van der Waals surface area contributed by atoms with Crippen molar-refractivity contribution in [1.82, 2.24) is 10.2 Å². The average molecular weight is 420 g/mol. The molecule has 1 saturated heterocycles. The van der Waals surface area contributed by atoms with Gasteiger partial charge in [0.25, 0.3) is 17.7 Å². The monoisotopic (exact) mass is 419 g/mol. The summed E-state index contributed by atoms with van der Waals surface area (Å²) >= 11 is 0. The number of benzene rings is 1. The number of halogens is 3. The number of likely N-dealkylation sites (tertiary alicyclic amines) is 1. The van der Waals surface area contributed by atoms with Crippen LogP contribution in [0.4, 0.5) is 8.78 Å². The molecular formula is C19H28ClF2N3O3. The van der Waals surface area contributed by atoms with Gasteiger partial charge in [0, 0.05) is 18.7 Å². The number of nitrogens with two attached hydrogens (primary N) is 1. The number of carbonyl (C=O) groups excluding carboxylic acids is 2. The zero-order valence-electron chi connectivity index (χ0n) is 16.2. The first kappa shape index (κ1) is 24.1. The molecule has 1 aromatic rings. The van der Waals surface area contributed by atoms with E-state index in [4.69, 9.17) is 10.5 Å². The molecule has 2 rings (SSSR count). The number of ether oxygens (including phenoxy) is 1. The molecule has 6 nitrogen and oxygen atoms in total. The Bertz CT molecular complexity index is 672. The zero-order chi connectivity index (χ0) is 20.0. The summed E-state index contributed by atoms with van der Waals surface area (Å²) in [5.74, 6) is -3.27. The summed E-state index contributed by atoms with van der Waals surface area (Å²) in [5, 5.41) is 2.19. The van der Waals surface area contributed by atoms with Crippen molar-refractivity contribution >= 4 is 24.2 Å². The lowest BCUT2D eigenvalue weighted by atomic mass is 10.0. The average Bonchev–Trinajstić information content (AvgIpc) is 2.65. The molecule has 1 aliphatic heterocycles. The Hall–Kier alpha value is -1.93. The number of aryl methyl sites for hydroxylation is 2. The Morgan fingerprint density at radius 1 is 1.18 bits per heavy atom. The van der Waals surface area contributed by atoms with Crippen molar-refractivity contribution in [3.8, 4) is 5.75 Å². The summed E-state index contributed by atoms with van der Waals surface area (Å²) in [7, 11) is 0. The zero-order valence-corrected chi connectivity index (χ0v) is 17.0. The van der Waals surface area contributed by atoms with Gasteiger partial charge in [0.2, 0.25) is 0 Å². The van der Waals surface area contributed by atoms with Crippen LogP contribution in [-0.2, 0) is 4.79 Å². The number of piperidine rings is 1. The number of rotatable bonds is 7. The van der Waals surface area contributed by atoms with E-state index in [2.05, 4.69) is 5.32 Å². The Morgan fingerprint density at radius 2 is 1.75 bits per heavy atom. The maximum atomic E-state index is 13.2. The Balaban J connectivity index is 0.00000392. The maximum absolute atomic E-state index is 13.2. The van der Waals surface area contributed by atoms with Gasteiger partial charge in [-0.1, -0.05) is 0 Å². The molecule has 158 valence electrons. The van der Waals surface area contributed by atoms with Gasteiger partial charge in [0.1, 0.15) is 5.75 Å². The molecule has 1 aromatic carbocycles. The molecule has 0 saturated carbocycles. The Kier molecular flexibility index (Phi) is 9.10. The first-order chi connectivity index (χ1) is 12.7. The summed E-state index contributed by atoms with van der Waals surface area (Å²) in [6, 6.07) is 3.12. The van der Waals surface area contributed by atoms with E-state index < -0.39 is 24.9 Å². The normalized spacial score (nSPS) is 14.2. The van der Waals surface area contributed by atoms with Crippen LogP contribution in [0.1, 0.15) is 40.7 Å². The lowest BCUT2D eigenvalue weighted by molar-refractivity contribution is -0.134. The van der Waals surface area contributed by atoms with Crippen LogP contribution in [0.3, 0.4) is 0 Å². The summed E-state index contributed by atoms with van der Waals surface area (Å²) in [6.07, 6.45) is 3.16. The second-order valence-electron chi connectivity index (χ2n) is 6.91. The first-order valence-corrected chi connectivity index (χ1v) is 9.11. The third-order valence-corrected chi connectivity index (χ3v) is 4.58. The second kappa shape index (κ2) is 10.6. The van der Waals surface area contributed by atoms with Crippen molar-refractivity contribution in [3.05, 3.63) is 28.8 Å².